The lowest BCUT2D eigenvalue weighted by Gasteiger charge is -2.30. The van der Waals surface area contributed by atoms with Crippen molar-refractivity contribution >= 4 is 40.5 Å². The van der Waals surface area contributed by atoms with E-state index in [9.17, 15) is 9.59 Å². The van der Waals surface area contributed by atoms with Gasteiger partial charge in [0.05, 0.1) is 17.8 Å². The fourth-order valence-corrected chi connectivity index (χ4v) is 4.13. The summed E-state index contributed by atoms with van der Waals surface area (Å²) in [5.41, 5.74) is 3.41. The van der Waals surface area contributed by atoms with Crippen LogP contribution in [0.2, 0.25) is 5.02 Å². The lowest BCUT2D eigenvalue weighted by atomic mass is 9.92. The molecular formula is C29H30ClN3O4. The number of halogens is 1. The Kier molecular flexibility index (Phi) is 7.74. The number of anilines is 2. The van der Waals surface area contributed by atoms with Gasteiger partial charge in [-0.05, 0) is 80.4 Å². The number of urea groups is 1. The Balaban J connectivity index is 1.43. The van der Waals surface area contributed by atoms with Crippen LogP contribution in [0.1, 0.15) is 31.9 Å². The van der Waals surface area contributed by atoms with Gasteiger partial charge in [-0.3, -0.25) is 4.79 Å². The van der Waals surface area contributed by atoms with Gasteiger partial charge in [0, 0.05) is 10.7 Å². The summed E-state index contributed by atoms with van der Waals surface area (Å²) in [4.78, 5) is 27.1. The smallest absolute Gasteiger partial charge is 0.319 e. The van der Waals surface area contributed by atoms with Crippen molar-refractivity contribution in [1.82, 2.24) is 5.32 Å². The first kappa shape index (κ1) is 26.1. The first-order valence-electron chi connectivity index (χ1n) is 11.9. The van der Waals surface area contributed by atoms with Crippen molar-refractivity contribution in [1.29, 1.82) is 0 Å². The molecule has 1 aliphatic rings. The van der Waals surface area contributed by atoms with Gasteiger partial charge in [0.25, 0.3) is 5.91 Å². The van der Waals surface area contributed by atoms with E-state index >= 15 is 0 Å². The third-order valence-corrected chi connectivity index (χ3v) is 6.31. The summed E-state index contributed by atoms with van der Waals surface area (Å²) in [7, 11) is 0. The summed E-state index contributed by atoms with van der Waals surface area (Å²) in [5.74, 6) is 1.04. The normalized spacial score (nSPS) is 12.9. The molecule has 3 amide bonds. The largest absolute Gasteiger partial charge is 0.492 e. The number of hydrogen-bond donors (Lipinski definition) is 2. The number of ether oxygens (including phenoxy) is 2. The molecule has 8 heteroatoms. The maximum atomic E-state index is 12.9. The molecule has 3 aromatic rings. The van der Waals surface area contributed by atoms with E-state index in [0.717, 1.165) is 16.7 Å². The van der Waals surface area contributed by atoms with Crippen LogP contribution in [0.15, 0.2) is 73.3 Å². The van der Waals surface area contributed by atoms with Crippen LogP contribution in [0.25, 0.3) is 5.57 Å². The van der Waals surface area contributed by atoms with Gasteiger partial charge < -0.3 is 25.0 Å². The molecule has 4 rings (SSSR count). The number of nitrogens with zero attached hydrogens (tertiary/aromatic N) is 1. The van der Waals surface area contributed by atoms with Crippen LogP contribution >= 0.6 is 11.6 Å². The second kappa shape index (κ2) is 11.0. The predicted molar refractivity (Wildman–Crippen MR) is 148 cm³/mol. The Morgan fingerprint density at radius 3 is 2.62 bits per heavy atom. The number of hydrogen-bond acceptors (Lipinski definition) is 4. The number of carbonyl (C=O) groups excluding carboxylic acids is 2. The highest BCUT2D eigenvalue weighted by Gasteiger charge is 2.27. The van der Waals surface area contributed by atoms with E-state index in [1.165, 1.54) is 0 Å². The molecule has 0 fully saturated rings. The number of nitrogens with one attached hydrogen (secondary N) is 2. The Hall–Kier alpha value is -3.97. The molecule has 0 atom stereocenters. The maximum Gasteiger partial charge on any atom is 0.319 e. The average Bonchev–Trinajstić information content (AvgIpc) is 2.86. The van der Waals surface area contributed by atoms with Crippen molar-refractivity contribution in [2.24, 2.45) is 0 Å². The molecule has 0 saturated carbocycles. The number of carbonyl (C=O) groups is 2. The van der Waals surface area contributed by atoms with E-state index in [0.29, 0.717) is 34.4 Å². The summed E-state index contributed by atoms with van der Waals surface area (Å²) in [6.07, 6.45) is 0. The van der Waals surface area contributed by atoms with Crippen molar-refractivity contribution in [3.05, 3.63) is 89.5 Å². The number of fused-ring (bicyclic) bond motifs is 1. The van der Waals surface area contributed by atoms with Gasteiger partial charge in [0.2, 0.25) is 0 Å². The molecule has 0 aliphatic carbocycles. The van der Waals surface area contributed by atoms with Crippen LogP contribution in [-0.4, -0.2) is 31.7 Å². The van der Waals surface area contributed by atoms with Crippen molar-refractivity contribution in [3.8, 4) is 11.5 Å². The zero-order valence-electron chi connectivity index (χ0n) is 21.1. The van der Waals surface area contributed by atoms with Crippen LogP contribution in [0.4, 0.5) is 16.2 Å². The molecule has 1 heterocycles. The van der Waals surface area contributed by atoms with Crippen LogP contribution < -0.4 is 25.0 Å². The zero-order valence-corrected chi connectivity index (χ0v) is 21.9. The fraction of sp³-hybridized carbons (Fsp3) is 0.241. The Labute approximate surface area is 222 Å². The second-order valence-electron chi connectivity index (χ2n) is 9.38. The summed E-state index contributed by atoms with van der Waals surface area (Å²) in [6.45, 7) is 10.4. The lowest BCUT2D eigenvalue weighted by Crippen LogP contribution is -2.43. The van der Waals surface area contributed by atoms with Gasteiger partial charge >= 0.3 is 6.03 Å². The third kappa shape index (κ3) is 6.43. The number of benzene rings is 3. The minimum Gasteiger partial charge on any atom is -0.492 e. The molecule has 0 radical (unpaired) electrons. The first-order valence-corrected chi connectivity index (χ1v) is 12.3. The second-order valence-corrected chi connectivity index (χ2v) is 9.82. The number of amides is 3. The maximum absolute atomic E-state index is 12.9. The van der Waals surface area contributed by atoms with E-state index in [-0.39, 0.29) is 25.2 Å². The summed E-state index contributed by atoms with van der Waals surface area (Å²) in [6, 6.07) is 19.8. The summed E-state index contributed by atoms with van der Waals surface area (Å²) >= 11 is 5.92. The molecule has 0 spiro atoms. The highest BCUT2D eigenvalue weighted by Crippen LogP contribution is 2.34. The Morgan fingerprint density at radius 2 is 1.89 bits per heavy atom. The molecule has 7 nitrogen and oxygen atoms in total. The van der Waals surface area contributed by atoms with Gasteiger partial charge in [0.15, 0.2) is 6.61 Å². The standard InChI is InChI=1S/C29H30ClN3O4/c1-19(2)20-6-5-7-21(16-20)29(3,4)32-28(35)31-23-10-13-26-25(17-23)33(27(34)18-37-26)14-15-36-24-11-8-22(30)9-12-24/h5-13,16-17H,1,14-15,18H2,2-4H3,(H2,31,32,35). The fourth-order valence-electron chi connectivity index (χ4n) is 4.00. The minimum absolute atomic E-state index is 0.0569. The first-order chi connectivity index (χ1) is 17.6. The summed E-state index contributed by atoms with van der Waals surface area (Å²) < 4.78 is 11.4. The number of allylic oxidation sites excluding steroid dienone is 1. The van der Waals surface area contributed by atoms with Crippen LogP contribution in [0.5, 0.6) is 11.5 Å². The van der Waals surface area contributed by atoms with Crippen LogP contribution in [0.3, 0.4) is 0 Å². The Bertz CT molecular complexity index is 1320. The monoisotopic (exact) mass is 519 g/mol. The van der Waals surface area contributed by atoms with Gasteiger partial charge in [-0.25, -0.2) is 4.79 Å². The van der Waals surface area contributed by atoms with E-state index in [4.69, 9.17) is 21.1 Å². The third-order valence-electron chi connectivity index (χ3n) is 6.06. The predicted octanol–water partition coefficient (Wildman–Crippen LogP) is 6.23. The molecule has 0 aromatic heterocycles. The topological polar surface area (TPSA) is 79.9 Å². The molecule has 1 aliphatic heterocycles. The molecule has 0 unspecified atom stereocenters. The van der Waals surface area contributed by atoms with Crippen molar-refractivity contribution in [2.45, 2.75) is 26.3 Å². The quantitative estimate of drug-likeness (QED) is 0.369. The highest BCUT2D eigenvalue weighted by molar-refractivity contribution is 6.30. The molecule has 2 N–H and O–H groups in total. The SMILES string of the molecule is C=C(C)c1cccc(C(C)(C)NC(=O)Nc2ccc3c(c2)N(CCOc2ccc(Cl)cc2)C(=O)CO3)c1. The van der Waals surface area contributed by atoms with Gasteiger partial charge in [-0.2, -0.15) is 0 Å². The van der Waals surface area contributed by atoms with Crippen LogP contribution in [0, 0.1) is 0 Å². The van der Waals surface area contributed by atoms with E-state index in [1.54, 1.807) is 47.4 Å². The van der Waals surface area contributed by atoms with Crippen LogP contribution in [-0.2, 0) is 10.3 Å². The molecule has 37 heavy (non-hydrogen) atoms. The summed E-state index contributed by atoms with van der Waals surface area (Å²) in [5, 5.41) is 6.52. The Morgan fingerprint density at radius 1 is 1.14 bits per heavy atom. The zero-order chi connectivity index (χ0) is 26.6. The van der Waals surface area contributed by atoms with Gasteiger partial charge in [0.1, 0.15) is 18.1 Å². The number of rotatable bonds is 8. The molecule has 3 aromatic carbocycles. The highest BCUT2D eigenvalue weighted by atomic mass is 35.5. The molecule has 0 bridgehead atoms. The lowest BCUT2D eigenvalue weighted by molar-refractivity contribution is -0.121. The van der Waals surface area contributed by atoms with Gasteiger partial charge in [-0.1, -0.05) is 42.0 Å². The van der Waals surface area contributed by atoms with Gasteiger partial charge in [-0.15, -0.1) is 0 Å². The van der Waals surface area contributed by atoms with Crippen molar-refractivity contribution in [2.75, 3.05) is 30.0 Å². The van der Waals surface area contributed by atoms with E-state index in [2.05, 4.69) is 17.2 Å². The molecule has 0 saturated heterocycles. The van der Waals surface area contributed by atoms with Crippen molar-refractivity contribution < 1.29 is 19.1 Å². The van der Waals surface area contributed by atoms with E-state index in [1.807, 2.05) is 45.0 Å². The molecule has 192 valence electrons. The van der Waals surface area contributed by atoms with E-state index < -0.39 is 5.54 Å². The average molecular weight is 520 g/mol. The minimum atomic E-state index is -0.631. The van der Waals surface area contributed by atoms with Crippen molar-refractivity contribution in [3.63, 3.8) is 0 Å². The molecular weight excluding hydrogens is 490 g/mol.